The zero-order valence-electron chi connectivity index (χ0n) is 10.5. The highest BCUT2D eigenvalue weighted by molar-refractivity contribution is 5.78. The number of hydrogen-bond acceptors (Lipinski definition) is 5. The number of rotatable bonds is 5. The molecule has 1 amide bonds. The van der Waals surface area contributed by atoms with E-state index in [-0.39, 0.29) is 11.8 Å². The molecule has 0 fully saturated rings. The lowest BCUT2D eigenvalue weighted by Crippen LogP contribution is -2.34. The normalized spacial score (nSPS) is 12.5. The van der Waals surface area contributed by atoms with Gasteiger partial charge in [-0.2, -0.15) is 0 Å². The maximum Gasteiger partial charge on any atom is 0.223 e. The van der Waals surface area contributed by atoms with Crippen molar-refractivity contribution in [3.05, 3.63) is 18.1 Å². The third-order valence-corrected chi connectivity index (χ3v) is 2.44. The molecule has 1 heterocycles. The molecule has 0 aliphatic carbocycles. The Morgan fingerprint density at radius 3 is 2.76 bits per heavy atom. The topological polar surface area (TPSA) is 84.1 Å². The lowest BCUT2D eigenvalue weighted by atomic mass is 10.1. The minimum Gasteiger partial charge on any atom is -0.382 e. The van der Waals surface area contributed by atoms with E-state index in [4.69, 9.17) is 5.73 Å². The molecule has 0 aliphatic rings. The molecule has 1 aromatic rings. The first-order valence-electron chi connectivity index (χ1n) is 5.49. The minimum atomic E-state index is -0.0493. The summed E-state index contributed by atoms with van der Waals surface area (Å²) >= 11 is 0. The maximum absolute atomic E-state index is 11.4. The first kappa shape index (κ1) is 13.4. The Bertz CT molecular complexity index is 365. The average molecular weight is 237 g/mol. The number of nitrogens with zero attached hydrogens (tertiary/aromatic N) is 3. The van der Waals surface area contributed by atoms with Crippen molar-refractivity contribution in [3.8, 4) is 0 Å². The molecule has 1 rings (SSSR count). The standard InChI is InChI=1S/C11H19N5O/c1-8(11(17)13-2)6-16(3)7-9-4-15-10(12)5-14-9/h4-5,8H,6-7H2,1-3H3,(H2,12,15)(H,13,17). The van der Waals surface area contributed by atoms with Crippen molar-refractivity contribution in [2.75, 3.05) is 26.4 Å². The number of nitrogens with one attached hydrogen (secondary N) is 1. The molecule has 0 aliphatic heterocycles. The van der Waals surface area contributed by atoms with Crippen LogP contribution in [-0.4, -0.2) is 41.4 Å². The largest absolute Gasteiger partial charge is 0.382 e. The number of carbonyl (C=O) groups is 1. The lowest BCUT2D eigenvalue weighted by Gasteiger charge is -2.19. The molecule has 6 nitrogen and oxygen atoms in total. The van der Waals surface area contributed by atoms with Gasteiger partial charge in [-0.15, -0.1) is 0 Å². The zero-order valence-corrected chi connectivity index (χ0v) is 10.5. The fourth-order valence-corrected chi connectivity index (χ4v) is 1.58. The van der Waals surface area contributed by atoms with Gasteiger partial charge in [0.15, 0.2) is 0 Å². The Balaban J connectivity index is 2.46. The summed E-state index contributed by atoms with van der Waals surface area (Å²) < 4.78 is 0. The second kappa shape index (κ2) is 6.15. The van der Waals surface area contributed by atoms with Crippen molar-refractivity contribution in [1.29, 1.82) is 0 Å². The van der Waals surface area contributed by atoms with Crippen molar-refractivity contribution < 1.29 is 4.79 Å². The second-order valence-electron chi connectivity index (χ2n) is 4.14. The fourth-order valence-electron chi connectivity index (χ4n) is 1.58. The van der Waals surface area contributed by atoms with Gasteiger partial charge < -0.3 is 11.1 Å². The van der Waals surface area contributed by atoms with Crippen LogP contribution in [0.25, 0.3) is 0 Å². The molecule has 1 unspecified atom stereocenters. The molecular formula is C11H19N5O. The van der Waals surface area contributed by atoms with E-state index >= 15 is 0 Å². The molecule has 0 saturated heterocycles. The number of aromatic nitrogens is 2. The van der Waals surface area contributed by atoms with Gasteiger partial charge in [-0.25, -0.2) is 4.98 Å². The summed E-state index contributed by atoms with van der Waals surface area (Å²) in [5.41, 5.74) is 6.29. The molecular weight excluding hydrogens is 218 g/mol. The Morgan fingerprint density at radius 2 is 2.24 bits per heavy atom. The van der Waals surface area contributed by atoms with E-state index in [9.17, 15) is 4.79 Å². The third kappa shape index (κ3) is 4.36. The van der Waals surface area contributed by atoms with Crippen LogP contribution in [0.15, 0.2) is 12.4 Å². The van der Waals surface area contributed by atoms with Crippen LogP contribution in [0.5, 0.6) is 0 Å². The van der Waals surface area contributed by atoms with Crippen LogP contribution in [0.3, 0.4) is 0 Å². The zero-order chi connectivity index (χ0) is 12.8. The molecule has 1 atom stereocenters. The molecule has 0 radical (unpaired) electrons. The Labute approximate surface area is 101 Å². The molecule has 0 spiro atoms. The summed E-state index contributed by atoms with van der Waals surface area (Å²) in [7, 11) is 3.59. The first-order valence-corrected chi connectivity index (χ1v) is 5.49. The minimum absolute atomic E-state index is 0.0419. The number of anilines is 1. The lowest BCUT2D eigenvalue weighted by molar-refractivity contribution is -0.124. The molecule has 94 valence electrons. The van der Waals surface area contributed by atoms with E-state index in [2.05, 4.69) is 15.3 Å². The predicted octanol–water partition coefficient (Wildman–Crippen LogP) is -0.127. The van der Waals surface area contributed by atoms with Crippen LogP contribution in [0.2, 0.25) is 0 Å². The van der Waals surface area contributed by atoms with Gasteiger partial charge in [0.2, 0.25) is 5.91 Å². The van der Waals surface area contributed by atoms with Crippen LogP contribution in [0, 0.1) is 5.92 Å². The summed E-state index contributed by atoms with van der Waals surface area (Å²) in [6.07, 6.45) is 3.18. The molecule has 0 bridgehead atoms. The van der Waals surface area contributed by atoms with E-state index in [0.717, 1.165) is 5.69 Å². The number of hydrogen-bond donors (Lipinski definition) is 2. The highest BCUT2D eigenvalue weighted by Gasteiger charge is 2.13. The van der Waals surface area contributed by atoms with Gasteiger partial charge in [0, 0.05) is 26.1 Å². The Hall–Kier alpha value is -1.69. The fraction of sp³-hybridized carbons (Fsp3) is 0.545. The van der Waals surface area contributed by atoms with Crippen molar-refractivity contribution in [1.82, 2.24) is 20.2 Å². The summed E-state index contributed by atoms with van der Waals surface area (Å²) in [5.74, 6) is 0.405. The molecule has 0 aromatic carbocycles. The van der Waals surface area contributed by atoms with Gasteiger partial charge >= 0.3 is 0 Å². The number of amides is 1. The third-order valence-electron chi connectivity index (χ3n) is 2.44. The van der Waals surface area contributed by atoms with Crippen molar-refractivity contribution in [2.45, 2.75) is 13.5 Å². The first-order chi connectivity index (χ1) is 8.02. The van der Waals surface area contributed by atoms with Crippen LogP contribution in [-0.2, 0) is 11.3 Å². The SMILES string of the molecule is CNC(=O)C(C)CN(C)Cc1cnc(N)cn1. The van der Waals surface area contributed by atoms with Gasteiger partial charge in [-0.3, -0.25) is 14.7 Å². The van der Waals surface area contributed by atoms with E-state index < -0.39 is 0 Å². The van der Waals surface area contributed by atoms with Crippen molar-refractivity contribution in [2.24, 2.45) is 5.92 Å². The van der Waals surface area contributed by atoms with Crippen LogP contribution in [0.1, 0.15) is 12.6 Å². The van der Waals surface area contributed by atoms with Crippen molar-refractivity contribution in [3.63, 3.8) is 0 Å². The summed E-state index contributed by atoms with van der Waals surface area (Å²) in [5, 5.41) is 2.63. The molecule has 17 heavy (non-hydrogen) atoms. The van der Waals surface area contributed by atoms with Crippen molar-refractivity contribution >= 4 is 11.7 Å². The number of nitrogens with two attached hydrogens (primary N) is 1. The molecule has 1 aromatic heterocycles. The quantitative estimate of drug-likeness (QED) is 0.745. The van der Waals surface area contributed by atoms with Gasteiger partial charge in [0.1, 0.15) is 5.82 Å². The van der Waals surface area contributed by atoms with Gasteiger partial charge in [0.25, 0.3) is 0 Å². The monoisotopic (exact) mass is 237 g/mol. The predicted molar refractivity (Wildman–Crippen MR) is 66.0 cm³/mol. The number of carbonyl (C=O) groups excluding carboxylic acids is 1. The Morgan fingerprint density at radius 1 is 1.53 bits per heavy atom. The maximum atomic E-state index is 11.4. The smallest absolute Gasteiger partial charge is 0.223 e. The highest BCUT2D eigenvalue weighted by atomic mass is 16.1. The highest BCUT2D eigenvalue weighted by Crippen LogP contribution is 2.03. The summed E-state index contributed by atoms with van der Waals surface area (Å²) in [4.78, 5) is 21.5. The van der Waals surface area contributed by atoms with E-state index in [1.165, 1.54) is 6.20 Å². The van der Waals surface area contributed by atoms with E-state index in [1.807, 2.05) is 18.9 Å². The molecule has 6 heteroatoms. The molecule has 3 N–H and O–H groups in total. The van der Waals surface area contributed by atoms with Gasteiger partial charge in [0.05, 0.1) is 18.1 Å². The van der Waals surface area contributed by atoms with Crippen LogP contribution in [0.4, 0.5) is 5.82 Å². The average Bonchev–Trinajstić information content (AvgIpc) is 2.30. The van der Waals surface area contributed by atoms with Crippen LogP contribution < -0.4 is 11.1 Å². The molecule has 0 saturated carbocycles. The summed E-state index contributed by atoms with van der Waals surface area (Å²) in [6, 6.07) is 0. The van der Waals surface area contributed by atoms with E-state index in [1.54, 1.807) is 13.2 Å². The second-order valence-corrected chi connectivity index (χ2v) is 4.14. The van der Waals surface area contributed by atoms with E-state index in [0.29, 0.717) is 18.9 Å². The van der Waals surface area contributed by atoms with Gasteiger partial charge in [-0.05, 0) is 7.05 Å². The van der Waals surface area contributed by atoms with Gasteiger partial charge in [-0.1, -0.05) is 6.92 Å². The summed E-state index contributed by atoms with van der Waals surface area (Å²) in [6.45, 7) is 3.21. The van der Waals surface area contributed by atoms with Crippen LogP contribution >= 0.6 is 0 Å². The number of nitrogen functional groups attached to an aromatic ring is 1. The Kier molecular flexibility index (Phi) is 4.84.